The molecule has 1 amide bonds. The van der Waals surface area contributed by atoms with Crippen molar-refractivity contribution in [1.29, 1.82) is 5.26 Å². The molecule has 0 saturated carbocycles. The van der Waals surface area contributed by atoms with Gasteiger partial charge in [-0.25, -0.2) is 0 Å². The molecule has 0 unspecified atom stereocenters. The summed E-state index contributed by atoms with van der Waals surface area (Å²) in [6.45, 7) is 0.395. The average Bonchev–Trinajstić information content (AvgIpc) is 3.31. The van der Waals surface area contributed by atoms with E-state index >= 15 is 0 Å². The van der Waals surface area contributed by atoms with Gasteiger partial charge in [0, 0.05) is 15.7 Å². The second-order valence-electron chi connectivity index (χ2n) is 6.60. The average molecular weight is 541 g/mol. The lowest BCUT2D eigenvalue weighted by Crippen LogP contribution is -2.13. The van der Waals surface area contributed by atoms with Gasteiger partial charge in [0.2, 0.25) is 10.1 Å². The number of hydrogen-bond donors (Lipinski definition) is 1. The number of rotatable bonds is 9. The zero-order valence-corrected chi connectivity index (χ0v) is 20.3. The third-order valence-electron chi connectivity index (χ3n) is 4.17. The van der Waals surface area contributed by atoms with E-state index in [0.717, 1.165) is 4.90 Å². The molecule has 2 aromatic carbocycles. The fourth-order valence-electron chi connectivity index (χ4n) is 2.60. The molecule has 3 rings (SSSR count). The summed E-state index contributed by atoms with van der Waals surface area (Å²) in [5, 5.41) is 16.8. The number of amides is 1. The zero-order valence-electron chi connectivity index (χ0n) is 17.9. The van der Waals surface area contributed by atoms with E-state index in [1.807, 2.05) is 24.3 Å². The number of carbonyl (C=O) groups excluding carboxylic acids is 1. The van der Waals surface area contributed by atoms with Gasteiger partial charge in [-0.1, -0.05) is 29.0 Å². The standard InChI is InChI=1S/C22H16ClF3N4O3S2/c1-32-18-11-13(2-7-17(18)33-8-9-34-16-5-3-15(23)4-6-16)10-14(12-27)19(31)28-21-30-29-20(35-21)22(24,25)26/h2-7,10-11H,8-9H2,1H3,(H,28,30,31). The first-order chi connectivity index (χ1) is 16.7. The quantitative estimate of drug-likeness (QED) is 0.155. The van der Waals surface area contributed by atoms with Crippen LogP contribution < -0.4 is 14.8 Å². The number of thioether (sulfide) groups is 1. The molecule has 0 bridgehead atoms. The van der Waals surface area contributed by atoms with E-state index in [0.29, 0.717) is 34.4 Å². The summed E-state index contributed by atoms with van der Waals surface area (Å²) >= 11 is 7.63. The summed E-state index contributed by atoms with van der Waals surface area (Å²) in [7, 11) is 1.45. The van der Waals surface area contributed by atoms with Gasteiger partial charge in [0.1, 0.15) is 11.6 Å². The third kappa shape index (κ3) is 7.61. The van der Waals surface area contributed by atoms with Crippen LogP contribution in [0.1, 0.15) is 10.6 Å². The van der Waals surface area contributed by atoms with Crippen molar-refractivity contribution in [3.8, 4) is 17.6 Å². The van der Waals surface area contributed by atoms with Gasteiger partial charge in [0.05, 0.1) is 13.7 Å². The van der Waals surface area contributed by atoms with Crippen molar-refractivity contribution in [2.45, 2.75) is 11.1 Å². The minimum Gasteiger partial charge on any atom is -0.493 e. The first-order valence-electron chi connectivity index (χ1n) is 9.72. The van der Waals surface area contributed by atoms with Gasteiger partial charge < -0.3 is 9.47 Å². The van der Waals surface area contributed by atoms with Gasteiger partial charge in [-0.2, -0.15) is 18.4 Å². The van der Waals surface area contributed by atoms with Gasteiger partial charge in [-0.05, 0) is 48.0 Å². The number of benzene rings is 2. The number of hydrogen-bond acceptors (Lipinski definition) is 8. The monoisotopic (exact) mass is 540 g/mol. The topological polar surface area (TPSA) is 97.1 Å². The predicted octanol–water partition coefficient (Wildman–Crippen LogP) is 5.94. The lowest BCUT2D eigenvalue weighted by Gasteiger charge is -2.11. The molecule has 0 fully saturated rings. The Bertz CT molecular complexity index is 1260. The Balaban J connectivity index is 1.63. The van der Waals surface area contributed by atoms with Crippen molar-refractivity contribution in [3.05, 3.63) is 63.6 Å². The summed E-state index contributed by atoms with van der Waals surface area (Å²) in [5.74, 6) is 0.605. The van der Waals surface area contributed by atoms with E-state index in [9.17, 15) is 23.2 Å². The van der Waals surface area contributed by atoms with Crippen LogP contribution in [0.25, 0.3) is 6.08 Å². The van der Waals surface area contributed by atoms with Gasteiger partial charge in [-0.15, -0.1) is 22.0 Å². The molecule has 0 spiro atoms. The van der Waals surface area contributed by atoms with E-state index in [-0.39, 0.29) is 22.0 Å². The van der Waals surface area contributed by atoms with Crippen LogP contribution in [-0.2, 0) is 11.0 Å². The van der Waals surface area contributed by atoms with Crippen molar-refractivity contribution in [3.63, 3.8) is 0 Å². The van der Waals surface area contributed by atoms with Crippen LogP contribution in [0.3, 0.4) is 0 Å². The van der Waals surface area contributed by atoms with Crippen LogP contribution in [0.5, 0.6) is 11.5 Å². The number of ether oxygens (including phenoxy) is 2. The van der Waals surface area contributed by atoms with E-state index in [1.54, 1.807) is 36.0 Å². The van der Waals surface area contributed by atoms with Crippen LogP contribution in [0, 0.1) is 11.3 Å². The summed E-state index contributed by atoms with van der Waals surface area (Å²) in [5.41, 5.74) is 0.105. The molecule has 0 atom stereocenters. The maximum Gasteiger partial charge on any atom is 0.445 e. The highest BCUT2D eigenvalue weighted by atomic mass is 35.5. The highest BCUT2D eigenvalue weighted by Crippen LogP contribution is 2.33. The molecule has 1 aromatic heterocycles. The van der Waals surface area contributed by atoms with Gasteiger partial charge in [-0.3, -0.25) is 10.1 Å². The fraction of sp³-hybridized carbons (Fsp3) is 0.182. The molecule has 0 aliphatic heterocycles. The maximum atomic E-state index is 12.6. The smallest absolute Gasteiger partial charge is 0.445 e. The largest absolute Gasteiger partial charge is 0.493 e. The number of anilines is 1. The third-order valence-corrected chi connectivity index (χ3v) is 6.29. The second-order valence-corrected chi connectivity index (χ2v) is 9.18. The number of aromatic nitrogens is 2. The number of nitrogens with one attached hydrogen (secondary N) is 1. The van der Waals surface area contributed by atoms with E-state index in [4.69, 9.17) is 21.1 Å². The van der Waals surface area contributed by atoms with Crippen LogP contribution in [0.2, 0.25) is 5.02 Å². The maximum absolute atomic E-state index is 12.6. The molecule has 0 aliphatic rings. The highest BCUT2D eigenvalue weighted by molar-refractivity contribution is 7.99. The number of methoxy groups -OCH3 is 1. The number of nitriles is 1. The molecule has 1 heterocycles. The fourth-order valence-corrected chi connectivity index (χ4v) is 4.07. The second kappa shape index (κ2) is 11.9. The molecule has 1 N–H and O–H groups in total. The lowest BCUT2D eigenvalue weighted by atomic mass is 10.1. The van der Waals surface area contributed by atoms with E-state index in [1.165, 1.54) is 13.2 Å². The SMILES string of the molecule is COc1cc(C=C(C#N)C(=O)Nc2nnc(C(F)(F)F)s2)ccc1OCCSc1ccc(Cl)cc1. The molecule has 7 nitrogen and oxygen atoms in total. The van der Waals surface area contributed by atoms with Crippen molar-refractivity contribution >= 4 is 51.8 Å². The van der Waals surface area contributed by atoms with Crippen LogP contribution in [-0.4, -0.2) is 35.6 Å². The van der Waals surface area contributed by atoms with Crippen LogP contribution >= 0.6 is 34.7 Å². The van der Waals surface area contributed by atoms with E-state index in [2.05, 4.69) is 15.5 Å². The van der Waals surface area contributed by atoms with Crippen molar-refractivity contribution in [2.24, 2.45) is 0 Å². The zero-order chi connectivity index (χ0) is 25.4. The Kier molecular flexibility index (Phi) is 8.97. The van der Waals surface area contributed by atoms with Crippen LogP contribution in [0.4, 0.5) is 18.3 Å². The first kappa shape index (κ1) is 26.3. The predicted molar refractivity (Wildman–Crippen MR) is 128 cm³/mol. The van der Waals surface area contributed by atoms with Crippen molar-refractivity contribution in [2.75, 3.05) is 24.8 Å². The molecule has 0 aliphatic carbocycles. The molecule has 35 heavy (non-hydrogen) atoms. The number of halogens is 4. The van der Waals surface area contributed by atoms with Crippen LogP contribution in [0.15, 0.2) is 52.9 Å². The van der Waals surface area contributed by atoms with Gasteiger partial charge >= 0.3 is 6.18 Å². The Labute approximate surface area is 211 Å². The molecular formula is C22H16ClF3N4O3S2. The number of carbonyl (C=O) groups is 1. The first-order valence-corrected chi connectivity index (χ1v) is 11.9. The molecular weight excluding hydrogens is 525 g/mol. The molecule has 0 saturated heterocycles. The van der Waals surface area contributed by atoms with Crippen molar-refractivity contribution in [1.82, 2.24) is 10.2 Å². The molecule has 0 radical (unpaired) electrons. The minimum absolute atomic E-state index is 0.159. The molecule has 13 heteroatoms. The summed E-state index contributed by atoms with van der Waals surface area (Å²) in [6, 6.07) is 14.0. The Morgan fingerprint density at radius 3 is 2.60 bits per heavy atom. The van der Waals surface area contributed by atoms with Gasteiger partial charge in [0.25, 0.3) is 5.91 Å². The minimum atomic E-state index is -4.68. The number of alkyl halides is 3. The molecule has 182 valence electrons. The molecule has 3 aromatic rings. The van der Waals surface area contributed by atoms with Gasteiger partial charge in [0.15, 0.2) is 11.5 Å². The van der Waals surface area contributed by atoms with Crippen molar-refractivity contribution < 1.29 is 27.4 Å². The Hall–Kier alpha value is -3.27. The van der Waals surface area contributed by atoms with E-state index < -0.39 is 17.1 Å². The Morgan fingerprint density at radius 1 is 1.23 bits per heavy atom. The normalized spacial score (nSPS) is 11.6. The number of nitrogens with zero attached hydrogens (tertiary/aromatic N) is 3. The highest BCUT2D eigenvalue weighted by Gasteiger charge is 2.35. The summed E-state index contributed by atoms with van der Waals surface area (Å²) < 4.78 is 49.1. The Morgan fingerprint density at radius 2 is 1.97 bits per heavy atom. The lowest BCUT2D eigenvalue weighted by molar-refractivity contribution is -0.138. The summed E-state index contributed by atoms with van der Waals surface area (Å²) in [6.07, 6.45) is -3.41. The summed E-state index contributed by atoms with van der Waals surface area (Å²) in [4.78, 5) is 13.4.